The van der Waals surface area contributed by atoms with Crippen molar-refractivity contribution >= 4 is 33.2 Å². The van der Waals surface area contributed by atoms with Gasteiger partial charge < -0.3 is 15.4 Å². The van der Waals surface area contributed by atoms with Gasteiger partial charge in [0.2, 0.25) is 15.9 Å². The maximum absolute atomic E-state index is 12.8. The van der Waals surface area contributed by atoms with Crippen molar-refractivity contribution in [3.05, 3.63) is 90.0 Å². The van der Waals surface area contributed by atoms with E-state index in [9.17, 15) is 18.0 Å². The van der Waals surface area contributed by atoms with Crippen LogP contribution < -0.4 is 19.7 Å². The van der Waals surface area contributed by atoms with Crippen LogP contribution in [0.4, 0.5) is 11.4 Å². The molecule has 0 aliphatic carbocycles. The van der Waals surface area contributed by atoms with Gasteiger partial charge >= 0.3 is 0 Å². The molecule has 0 fully saturated rings. The highest BCUT2D eigenvalue weighted by molar-refractivity contribution is 7.92. The highest BCUT2D eigenvalue weighted by Gasteiger charge is 2.22. The molecule has 0 unspecified atom stereocenters. The number of rotatable bonds is 10. The SMILES string of the molecule is CCOc1cccc(N(CC(=O)Nc2ccccc2C(=O)NCc2ccccc2)S(C)(=O)=O)c1. The van der Waals surface area contributed by atoms with Gasteiger partial charge in [0.25, 0.3) is 5.91 Å². The Kier molecular flexibility index (Phi) is 8.26. The van der Waals surface area contributed by atoms with Gasteiger partial charge in [-0.05, 0) is 36.8 Å². The number of hydrogen-bond acceptors (Lipinski definition) is 5. The minimum absolute atomic E-state index is 0.274. The lowest BCUT2D eigenvalue weighted by molar-refractivity contribution is -0.114. The molecule has 9 heteroatoms. The van der Waals surface area contributed by atoms with Gasteiger partial charge in [-0.3, -0.25) is 13.9 Å². The Balaban J connectivity index is 1.74. The van der Waals surface area contributed by atoms with E-state index in [0.29, 0.717) is 24.6 Å². The average molecular weight is 482 g/mol. The summed E-state index contributed by atoms with van der Waals surface area (Å²) >= 11 is 0. The van der Waals surface area contributed by atoms with Gasteiger partial charge in [-0.25, -0.2) is 8.42 Å². The van der Waals surface area contributed by atoms with Crippen molar-refractivity contribution in [1.29, 1.82) is 0 Å². The summed E-state index contributed by atoms with van der Waals surface area (Å²) in [5.74, 6) is -0.450. The number of nitrogens with zero attached hydrogens (tertiary/aromatic N) is 1. The highest BCUT2D eigenvalue weighted by atomic mass is 32.2. The van der Waals surface area contributed by atoms with Crippen LogP contribution in [0.5, 0.6) is 5.75 Å². The third kappa shape index (κ3) is 6.82. The maximum Gasteiger partial charge on any atom is 0.253 e. The summed E-state index contributed by atoms with van der Waals surface area (Å²) in [6.07, 6.45) is 1.03. The molecule has 0 saturated heterocycles. The van der Waals surface area contributed by atoms with Crippen molar-refractivity contribution in [3.8, 4) is 5.75 Å². The molecule has 0 radical (unpaired) electrons. The Hall–Kier alpha value is -3.85. The fraction of sp³-hybridized carbons (Fsp3) is 0.200. The Morgan fingerprint density at radius 1 is 0.941 bits per heavy atom. The van der Waals surface area contributed by atoms with Crippen LogP contribution in [-0.4, -0.2) is 39.6 Å². The standard InChI is InChI=1S/C25H27N3O5S/c1-3-33-21-13-9-12-20(16-21)28(34(2,31)32)18-24(29)27-23-15-8-7-14-22(23)25(30)26-17-19-10-5-4-6-11-19/h4-16H,3,17-18H2,1-2H3,(H,26,30)(H,27,29). The summed E-state index contributed by atoms with van der Waals surface area (Å²) in [4.78, 5) is 25.6. The second-order valence-corrected chi connectivity index (χ2v) is 9.37. The molecule has 3 aromatic rings. The molecular weight excluding hydrogens is 454 g/mol. The van der Waals surface area contributed by atoms with E-state index >= 15 is 0 Å². The van der Waals surface area contributed by atoms with Crippen LogP contribution in [0, 0.1) is 0 Å². The Morgan fingerprint density at radius 3 is 2.35 bits per heavy atom. The number of amides is 2. The molecule has 0 aliphatic rings. The lowest BCUT2D eigenvalue weighted by atomic mass is 10.1. The monoisotopic (exact) mass is 481 g/mol. The third-order valence-electron chi connectivity index (χ3n) is 4.85. The van der Waals surface area contributed by atoms with E-state index in [4.69, 9.17) is 4.74 Å². The van der Waals surface area contributed by atoms with E-state index in [1.54, 1.807) is 48.5 Å². The summed E-state index contributed by atoms with van der Waals surface area (Å²) in [6.45, 7) is 2.11. The first-order valence-electron chi connectivity index (χ1n) is 10.7. The number of benzene rings is 3. The van der Waals surface area contributed by atoms with Gasteiger partial charge in [0.05, 0.1) is 29.8 Å². The van der Waals surface area contributed by atoms with E-state index in [1.807, 2.05) is 37.3 Å². The molecule has 8 nitrogen and oxygen atoms in total. The number of carbonyl (C=O) groups excluding carboxylic acids is 2. The van der Waals surface area contributed by atoms with Gasteiger partial charge in [-0.1, -0.05) is 48.5 Å². The number of para-hydroxylation sites is 1. The molecule has 178 valence electrons. The lowest BCUT2D eigenvalue weighted by Crippen LogP contribution is -2.37. The zero-order chi connectivity index (χ0) is 24.6. The largest absolute Gasteiger partial charge is 0.494 e. The number of anilines is 2. The summed E-state index contributed by atoms with van der Waals surface area (Å²) in [5, 5.41) is 5.49. The predicted octanol–water partition coefficient (Wildman–Crippen LogP) is 3.42. The fourth-order valence-corrected chi connectivity index (χ4v) is 4.13. The van der Waals surface area contributed by atoms with Crippen LogP contribution in [0.15, 0.2) is 78.9 Å². The summed E-state index contributed by atoms with van der Waals surface area (Å²) in [5.41, 5.74) is 1.80. The minimum Gasteiger partial charge on any atom is -0.494 e. The zero-order valence-electron chi connectivity index (χ0n) is 19.0. The second kappa shape index (κ2) is 11.3. The predicted molar refractivity (Wildman–Crippen MR) is 132 cm³/mol. The van der Waals surface area contributed by atoms with E-state index in [-0.39, 0.29) is 17.2 Å². The molecule has 34 heavy (non-hydrogen) atoms. The Labute approximate surface area is 199 Å². The number of nitrogens with one attached hydrogen (secondary N) is 2. The van der Waals surface area contributed by atoms with E-state index in [2.05, 4.69) is 10.6 Å². The van der Waals surface area contributed by atoms with Crippen molar-refractivity contribution < 1.29 is 22.7 Å². The number of carbonyl (C=O) groups is 2. The molecule has 0 spiro atoms. The molecule has 2 amide bonds. The molecule has 0 atom stereocenters. The summed E-state index contributed by atoms with van der Waals surface area (Å²) < 4.78 is 31.3. The molecule has 2 N–H and O–H groups in total. The van der Waals surface area contributed by atoms with Crippen molar-refractivity contribution in [3.63, 3.8) is 0 Å². The molecule has 0 saturated carbocycles. The van der Waals surface area contributed by atoms with Crippen molar-refractivity contribution in [2.75, 3.05) is 29.0 Å². The van der Waals surface area contributed by atoms with Gasteiger partial charge in [-0.15, -0.1) is 0 Å². The van der Waals surface area contributed by atoms with Gasteiger partial charge in [0.15, 0.2) is 0 Å². The Bertz CT molecular complexity index is 1250. The lowest BCUT2D eigenvalue weighted by Gasteiger charge is -2.22. The topological polar surface area (TPSA) is 105 Å². The molecule has 3 rings (SSSR count). The second-order valence-electron chi connectivity index (χ2n) is 7.46. The molecule has 0 aromatic heterocycles. The third-order valence-corrected chi connectivity index (χ3v) is 5.99. The van der Waals surface area contributed by atoms with Crippen LogP contribution in [0.25, 0.3) is 0 Å². The van der Waals surface area contributed by atoms with Gasteiger partial charge in [-0.2, -0.15) is 0 Å². The fourth-order valence-electron chi connectivity index (χ4n) is 3.28. The zero-order valence-corrected chi connectivity index (χ0v) is 19.8. The smallest absolute Gasteiger partial charge is 0.253 e. The van der Waals surface area contributed by atoms with Crippen LogP contribution in [0.2, 0.25) is 0 Å². The molecule has 0 aliphatic heterocycles. The first kappa shape index (κ1) is 24.8. The number of hydrogen-bond donors (Lipinski definition) is 2. The first-order valence-corrected chi connectivity index (χ1v) is 12.5. The van der Waals surface area contributed by atoms with E-state index < -0.39 is 22.5 Å². The molecule has 0 heterocycles. The number of ether oxygens (including phenoxy) is 1. The van der Waals surface area contributed by atoms with Crippen LogP contribution in [0.1, 0.15) is 22.8 Å². The molecular formula is C25H27N3O5S. The van der Waals surface area contributed by atoms with Gasteiger partial charge in [0.1, 0.15) is 12.3 Å². The van der Waals surface area contributed by atoms with Crippen LogP contribution in [-0.2, 0) is 21.4 Å². The molecule has 0 bridgehead atoms. The maximum atomic E-state index is 12.8. The number of sulfonamides is 1. The van der Waals surface area contributed by atoms with Crippen molar-refractivity contribution in [2.24, 2.45) is 0 Å². The Morgan fingerprint density at radius 2 is 1.65 bits per heavy atom. The summed E-state index contributed by atoms with van der Waals surface area (Å²) in [7, 11) is -3.77. The van der Waals surface area contributed by atoms with E-state index in [0.717, 1.165) is 16.1 Å². The summed E-state index contributed by atoms with van der Waals surface area (Å²) in [6, 6.07) is 22.5. The van der Waals surface area contributed by atoms with Crippen LogP contribution in [0.3, 0.4) is 0 Å². The quantitative estimate of drug-likeness (QED) is 0.462. The molecule has 3 aromatic carbocycles. The average Bonchev–Trinajstić information content (AvgIpc) is 2.82. The highest BCUT2D eigenvalue weighted by Crippen LogP contribution is 2.24. The van der Waals surface area contributed by atoms with Gasteiger partial charge in [0, 0.05) is 12.6 Å². The normalized spacial score (nSPS) is 10.9. The minimum atomic E-state index is -3.77. The first-order chi connectivity index (χ1) is 16.3. The van der Waals surface area contributed by atoms with E-state index in [1.165, 1.54) is 0 Å². The van der Waals surface area contributed by atoms with Crippen LogP contribution >= 0.6 is 0 Å². The van der Waals surface area contributed by atoms with Crippen molar-refractivity contribution in [2.45, 2.75) is 13.5 Å². The van der Waals surface area contributed by atoms with Crippen molar-refractivity contribution in [1.82, 2.24) is 5.32 Å².